The Kier molecular flexibility index (Phi) is 4.29. The molecule has 0 saturated heterocycles. The summed E-state index contributed by atoms with van der Waals surface area (Å²) in [5.41, 5.74) is 0.213. The van der Waals surface area contributed by atoms with Crippen molar-refractivity contribution in [1.82, 2.24) is 4.72 Å². The van der Waals surface area contributed by atoms with E-state index in [4.69, 9.17) is 22.0 Å². The predicted molar refractivity (Wildman–Crippen MR) is 63.6 cm³/mol. The van der Waals surface area contributed by atoms with E-state index in [2.05, 4.69) is 0 Å². The number of nitriles is 1. The fourth-order valence-corrected chi connectivity index (χ4v) is 2.88. The van der Waals surface area contributed by atoms with Crippen LogP contribution in [0.4, 0.5) is 0 Å². The van der Waals surface area contributed by atoms with Crippen LogP contribution in [-0.2, 0) is 14.8 Å². The number of nitrogens with one attached hydrogen (secondary N) is 1. The van der Waals surface area contributed by atoms with Crippen LogP contribution < -0.4 is 4.72 Å². The summed E-state index contributed by atoms with van der Waals surface area (Å²) in [6.07, 6.45) is 0. The molecule has 1 rings (SSSR count). The molecule has 0 aliphatic heterocycles. The minimum absolute atomic E-state index is 0.140. The summed E-state index contributed by atoms with van der Waals surface area (Å²) in [6.45, 7) is 1.19. The molecule has 0 spiro atoms. The van der Waals surface area contributed by atoms with Gasteiger partial charge in [0.1, 0.15) is 10.9 Å². The van der Waals surface area contributed by atoms with Crippen molar-refractivity contribution in [2.75, 3.05) is 0 Å². The Bertz CT molecular complexity index is 621. The number of sulfonamides is 1. The van der Waals surface area contributed by atoms with Gasteiger partial charge in [0.25, 0.3) is 0 Å². The largest absolute Gasteiger partial charge is 0.480 e. The first-order chi connectivity index (χ1) is 8.27. The molecular weight excluding hydrogens is 280 g/mol. The number of rotatable bonds is 4. The van der Waals surface area contributed by atoms with E-state index in [0.717, 1.165) is 6.07 Å². The van der Waals surface area contributed by atoms with E-state index in [1.807, 2.05) is 10.8 Å². The second-order valence-corrected chi connectivity index (χ2v) is 5.53. The average Bonchev–Trinajstić information content (AvgIpc) is 2.27. The molecular formula is C10H9ClN2O4S. The molecule has 1 atom stereocenters. The van der Waals surface area contributed by atoms with Gasteiger partial charge in [0.2, 0.25) is 10.0 Å². The van der Waals surface area contributed by atoms with Crippen LogP contribution in [0.3, 0.4) is 0 Å². The van der Waals surface area contributed by atoms with Gasteiger partial charge < -0.3 is 5.11 Å². The van der Waals surface area contributed by atoms with Crippen LogP contribution in [0, 0.1) is 11.3 Å². The zero-order chi connectivity index (χ0) is 13.9. The third-order valence-electron chi connectivity index (χ3n) is 2.05. The molecule has 0 saturated carbocycles. The number of hydrogen-bond acceptors (Lipinski definition) is 4. The number of carboxylic acid groups (broad SMARTS) is 1. The standard InChI is InChI=1S/C10H9ClN2O4S/c1-6(10(14)15)13-18(16,17)9-3-2-7(5-12)4-8(9)11/h2-4,6,13H,1H3,(H,14,15)/t6-/m1/s1. The van der Waals surface area contributed by atoms with Crippen molar-refractivity contribution in [2.24, 2.45) is 0 Å². The Labute approximate surface area is 109 Å². The molecule has 0 bridgehead atoms. The molecule has 0 aromatic heterocycles. The van der Waals surface area contributed by atoms with E-state index in [1.165, 1.54) is 19.1 Å². The average molecular weight is 289 g/mol. The summed E-state index contributed by atoms with van der Waals surface area (Å²) in [7, 11) is -4.03. The smallest absolute Gasteiger partial charge is 0.321 e. The van der Waals surface area contributed by atoms with E-state index in [-0.39, 0.29) is 15.5 Å². The maximum atomic E-state index is 11.8. The quantitative estimate of drug-likeness (QED) is 0.858. The normalized spacial score (nSPS) is 12.7. The Balaban J connectivity index is 3.14. The van der Waals surface area contributed by atoms with E-state index in [1.54, 1.807) is 0 Å². The molecule has 96 valence electrons. The fourth-order valence-electron chi connectivity index (χ4n) is 1.13. The molecule has 0 aliphatic carbocycles. The van der Waals surface area contributed by atoms with E-state index < -0.39 is 22.0 Å². The van der Waals surface area contributed by atoms with Crippen LogP contribution in [0.25, 0.3) is 0 Å². The zero-order valence-electron chi connectivity index (χ0n) is 9.21. The van der Waals surface area contributed by atoms with Gasteiger partial charge in [-0.05, 0) is 25.1 Å². The molecule has 18 heavy (non-hydrogen) atoms. The molecule has 0 radical (unpaired) electrons. The molecule has 1 aromatic carbocycles. The van der Waals surface area contributed by atoms with Gasteiger partial charge in [-0.15, -0.1) is 0 Å². The first-order valence-electron chi connectivity index (χ1n) is 4.72. The topological polar surface area (TPSA) is 107 Å². The Morgan fingerprint density at radius 1 is 1.56 bits per heavy atom. The SMILES string of the molecule is C[C@@H](NS(=O)(=O)c1ccc(C#N)cc1Cl)C(=O)O. The minimum Gasteiger partial charge on any atom is -0.480 e. The molecule has 2 N–H and O–H groups in total. The number of carbonyl (C=O) groups is 1. The van der Waals surface area contributed by atoms with Crippen LogP contribution >= 0.6 is 11.6 Å². The summed E-state index contributed by atoms with van der Waals surface area (Å²) in [5.74, 6) is -1.30. The summed E-state index contributed by atoms with van der Waals surface area (Å²) in [6, 6.07) is 4.17. The molecule has 6 nitrogen and oxygen atoms in total. The van der Waals surface area contributed by atoms with Crippen LogP contribution in [0.15, 0.2) is 23.1 Å². The van der Waals surface area contributed by atoms with E-state index >= 15 is 0 Å². The van der Waals surface area contributed by atoms with Crippen LogP contribution in [0.2, 0.25) is 5.02 Å². The molecule has 0 amide bonds. The second-order valence-electron chi connectivity index (χ2n) is 3.44. The third-order valence-corrected chi connectivity index (χ3v) is 4.08. The van der Waals surface area contributed by atoms with Crippen molar-refractivity contribution in [2.45, 2.75) is 17.9 Å². The van der Waals surface area contributed by atoms with Gasteiger partial charge in [-0.1, -0.05) is 11.6 Å². The lowest BCUT2D eigenvalue weighted by molar-refractivity contribution is -0.138. The number of hydrogen-bond donors (Lipinski definition) is 2. The van der Waals surface area contributed by atoms with E-state index in [0.29, 0.717) is 0 Å². The summed E-state index contributed by atoms with van der Waals surface area (Å²) >= 11 is 5.74. The molecule has 0 fully saturated rings. The molecule has 8 heteroatoms. The van der Waals surface area contributed by atoms with Gasteiger partial charge in [0.15, 0.2) is 0 Å². The third kappa shape index (κ3) is 3.20. The van der Waals surface area contributed by atoms with Crippen LogP contribution in [0.1, 0.15) is 12.5 Å². The van der Waals surface area contributed by atoms with Crippen molar-refractivity contribution in [3.05, 3.63) is 28.8 Å². The van der Waals surface area contributed by atoms with Crippen molar-refractivity contribution >= 4 is 27.6 Å². The number of nitrogens with zero attached hydrogens (tertiary/aromatic N) is 1. The molecule has 0 heterocycles. The summed E-state index contributed by atoms with van der Waals surface area (Å²) in [5, 5.41) is 17.1. The maximum absolute atomic E-state index is 11.8. The lowest BCUT2D eigenvalue weighted by Crippen LogP contribution is -2.38. The van der Waals surface area contributed by atoms with Crippen LogP contribution in [-0.4, -0.2) is 25.5 Å². The van der Waals surface area contributed by atoms with Gasteiger partial charge in [0.05, 0.1) is 16.7 Å². The number of aliphatic carboxylic acids is 1. The number of carboxylic acids is 1. The second kappa shape index (κ2) is 5.35. The van der Waals surface area contributed by atoms with Gasteiger partial charge >= 0.3 is 5.97 Å². The zero-order valence-corrected chi connectivity index (χ0v) is 10.8. The van der Waals surface area contributed by atoms with Gasteiger partial charge in [-0.3, -0.25) is 4.79 Å². The molecule has 0 aliphatic rings. The highest BCUT2D eigenvalue weighted by molar-refractivity contribution is 7.89. The van der Waals surface area contributed by atoms with Crippen molar-refractivity contribution in [3.63, 3.8) is 0 Å². The van der Waals surface area contributed by atoms with Gasteiger partial charge in [0, 0.05) is 0 Å². The first kappa shape index (κ1) is 14.4. The number of benzene rings is 1. The van der Waals surface area contributed by atoms with Gasteiger partial charge in [-0.2, -0.15) is 9.98 Å². The highest BCUT2D eigenvalue weighted by Crippen LogP contribution is 2.22. The lowest BCUT2D eigenvalue weighted by atomic mass is 10.2. The highest BCUT2D eigenvalue weighted by atomic mass is 35.5. The minimum atomic E-state index is -4.03. The fraction of sp³-hybridized carbons (Fsp3) is 0.200. The molecule has 1 aromatic rings. The van der Waals surface area contributed by atoms with E-state index in [9.17, 15) is 13.2 Å². The monoisotopic (exact) mass is 288 g/mol. The number of halogens is 1. The Morgan fingerprint density at radius 2 is 2.17 bits per heavy atom. The Hall–Kier alpha value is -1.62. The highest BCUT2D eigenvalue weighted by Gasteiger charge is 2.23. The van der Waals surface area contributed by atoms with Crippen LogP contribution in [0.5, 0.6) is 0 Å². The maximum Gasteiger partial charge on any atom is 0.321 e. The summed E-state index contributed by atoms with van der Waals surface area (Å²) < 4.78 is 25.6. The Morgan fingerprint density at radius 3 is 2.61 bits per heavy atom. The van der Waals surface area contributed by atoms with Crippen molar-refractivity contribution < 1.29 is 18.3 Å². The first-order valence-corrected chi connectivity index (χ1v) is 6.59. The molecule has 0 unspecified atom stereocenters. The summed E-state index contributed by atoms with van der Waals surface area (Å²) in [4.78, 5) is 10.3. The van der Waals surface area contributed by atoms with Crippen molar-refractivity contribution in [1.29, 1.82) is 5.26 Å². The van der Waals surface area contributed by atoms with Crippen molar-refractivity contribution in [3.8, 4) is 6.07 Å². The predicted octanol–water partition coefficient (Wildman–Crippen LogP) is 0.963. The lowest BCUT2D eigenvalue weighted by Gasteiger charge is -2.11. The van der Waals surface area contributed by atoms with Gasteiger partial charge in [-0.25, -0.2) is 8.42 Å².